The van der Waals surface area contributed by atoms with Crippen LogP contribution in [-0.2, 0) is 4.74 Å². The van der Waals surface area contributed by atoms with Crippen LogP contribution in [0.3, 0.4) is 0 Å². The van der Waals surface area contributed by atoms with E-state index in [1.165, 1.54) is 0 Å². The number of rotatable bonds is 5. The average molecular weight is 240 g/mol. The Labute approximate surface area is 101 Å². The van der Waals surface area contributed by atoms with E-state index in [4.69, 9.17) is 4.74 Å². The molecule has 0 amide bonds. The summed E-state index contributed by atoms with van der Waals surface area (Å²) in [5, 5.41) is 20.8. The van der Waals surface area contributed by atoms with E-state index < -0.39 is 0 Å². The van der Waals surface area contributed by atoms with E-state index in [9.17, 15) is 0 Å². The van der Waals surface area contributed by atoms with Crippen molar-refractivity contribution in [2.45, 2.75) is 38.4 Å². The molecule has 1 aromatic rings. The number of morpholine rings is 1. The molecule has 0 aromatic carbocycles. The minimum Gasteiger partial charge on any atom is -0.379 e. The predicted molar refractivity (Wildman–Crippen MR) is 62.4 cm³/mol. The summed E-state index contributed by atoms with van der Waals surface area (Å²) >= 11 is 0. The van der Waals surface area contributed by atoms with Crippen LogP contribution in [0.4, 0.5) is 0 Å². The highest BCUT2D eigenvalue weighted by Gasteiger charge is 2.18. The van der Waals surface area contributed by atoms with Crippen molar-refractivity contribution in [2.24, 2.45) is 0 Å². The van der Waals surface area contributed by atoms with Gasteiger partial charge < -0.3 is 15.4 Å². The van der Waals surface area contributed by atoms with Gasteiger partial charge in [0.2, 0.25) is 0 Å². The minimum absolute atomic E-state index is 0.105. The first kappa shape index (κ1) is 12.4. The zero-order valence-electron chi connectivity index (χ0n) is 10.3. The van der Waals surface area contributed by atoms with E-state index in [0.29, 0.717) is 17.9 Å². The standard InChI is InChI=1S/C10H20N6O/c1-7(5-9-6-17-4-3-11-9)12-8(2)10-13-15-16-14-10/h7-9,11-12H,3-6H2,1-2H3,(H,13,14,15,16). The fourth-order valence-electron chi connectivity index (χ4n) is 2.12. The molecular weight excluding hydrogens is 220 g/mol. The van der Waals surface area contributed by atoms with Gasteiger partial charge in [-0.1, -0.05) is 5.21 Å². The molecule has 3 unspecified atom stereocenters. The lowest BCUT2D eigenvalue weighted by molar-refractivity contribution is 0.0708. The molecule has 0 spiro atoms. The molecule has 1 aromatic heterocycles. The van der Waals surface area contributed by atoms with E-state index in [-0.39, 0.29) is 6.04 Å². The summed E-state index contributed by atoms with van der Waals surface area (Å²) in [5.74, 6) is 0.699. The first-order valence-corrected chi connectivity index (χ1v) is 6.06. The molecule has 0 aliphatic carbocycles. The summed E-state index contributed by atoms with van der Waals surface area (Å²) < 4.78 is 5.43. The highest BCUT2D eigenvalue weighted by atomic mass is 16.5. The Kier molecular flexibility index (Phi) is 4.41. The van der Waals surface area contributed by atoms with Gasteiger partial charge in [-0.2, -0.15) is 5.21 Å². The van der Waals surface area contributed by atoms with Crippen molar-refractivity contribution in [3.8, 4) is 0 Å². The smallest absolute Gasteiger partial charge is 0.191 e. The Morgan fingerprint density at radius 2 is 2.41 bits per heavy atom. The van der Waals surface area contributed by atoms with Gasteiger partial charge in [0.1, 0.15) is 0 Å². The number of aromatic amines is 1. The second-order valence-electron chi connectivity index (χ2n) is 4.52. The fourth-order valence-corrected chi connectivity index (χ4v) is 2.12. The van der Waals surface area contributed by atoms with Crippen LogP contribution in [-0.4, -0.2) is 52.5 Å². The Hall–Kier alpha value is -1.05. The maximum absolute atomic E-state index is 5.43. The SMILES string of the molecule is CC(CC1COCCN1)NC(C)c1nn[nH]n1. The summed E-state index contributed by atoms with van der Waals surface area (Å²) in [6.45, 7) is 6.75. The van der Waals surface area contributed by atoms with Gasteiger partial charge in [-0.3, -0.25) is 0 Å². The van der Waals surface area contributed by atoms with Gasteiger partial charge >= 0.3 is 0 Å². The van der Waals surface area contributed by atoms with Crippen molar-refractivity contribution < 1.29 is 4.74 Å². The molecule has 0 saturated carbocycles. The van der Waals surface area contributed by atoms with Gasteiger partial charge in [0.05, 0.1) is 19.3 Å². The van der Waals surface area contributed by atoms with Crippen molar-refractivity contribution >= 4 is 0 Å². The highest BCUT2D eigenvalue weighted by Crippen LogP contribution is 2.09. The van der Waals surface area contributed by atoms with Crippen molar-refractivity contribution in [2.75, 3.05) is 19.8 Å². The monoisotopic (exact) mass is 240 g/mol. The van der Waals surface area contributed by atoms with Crippen molar-refractivity contribution in [1.29, 1.82) is 0 Å². The lowest BCUT2D eigenvalue weighted by Gasteiger charge is -2.27. The lowest BCUT2D eigenvalue weighted by atomic mass is 10.1. The van der Waals surface area contributed by atoms with Crippen LogP contribution in [0.5, 0.6) is 0 Å². The van der Waals surface area contributed by atoms with Crippen LogP contribution in [0.25, 0.3) is 0 Å². The van der Waals surface area contributed by atoms with Gasteiger partial charge in [0.25, 0.3) is 0 Å². The fraction of sp³-hybridized carbons (Fsp3) is 0.900. The maximum atomic E-state index is 5.43. The number of hydrogen-bond acceptors (Lipinski definition) is 6. The first-order valence-electron chi connectivity index (χ1n) is 6.06. The van der Waals surface area contributed by atoms with E-state index >= 15 is 0 Å². The topological polar surface area (TPSA) is 87.8 Å². The van der Waals surface area contributed by atoms with Gasteiger partial charge in [-0.15, -0.1) is 10.2 Å². The Morgan fingerprint density at radius 1 is 1.53 bits per heavy atom. The average Bonchev–Trinajstić information content (AvgIpc) is 2.83. The second kappa shape index (κ2) is 6.04. The third-order valence-electron chi connectivity index (χ3n) is 2.92. The molecule has 2 rings (SSSR count). The van der Waals surface area contributed by atoms with Crippen molar-refractivity contribution in [3.05, 3.63) is 5.82 Å². The van der Waals surface area contributed by atoms with Crippen LogP contribution in [0.15, 0.2) is 0 Å². The number of aromatic nitrogens is 4. The largest absolute Gasteiger partial charge is 0.379 e. The van der Waals surface area contributed by atoms with E-state index in [2.05, 4.69) is 38.2 Å². The number of hydrogen-bond donors (Lipinski definition) is 3. The summed E-state index contributed by atoms with van der Waals surface area (Å²) in [7, 11) is 0. The van der Waals surface area contributed by atoms with Crippen LogP contribution in [0, 0.1) is 0 Å². The number of nitrogens with one attached hydrogen (secondary N) is 3. The van der Waals surface area contributed by atoms with E-state index in [0.717, 1.165) is 26.2 Å². The summed E-state index contributed by atoms with van der Waals surface area (Å²) in [4.78, 5) is 0. The lowest BCUT2D eigenvalue weighted by Crippen LogP contribution is -2.45. The maximum Gasteiger partial charge on any atom is 0.191 e. The number of nitrogens with zero attached hydrogens (tertiary/aromatic N) is 3. The predicted octanol–water partition coefficient (Wildman–Crippen LogP) is -0.383. The molecule has 7 heteroatoms. The summed E-state index contributed by atoms with van der Waals surface area (Å²) in [6.07, 6.45) is 1.03. The van der Waals surface area contributed by atoms with Crippen LogP contribution < -0.4 is 10.6 Å². The molecule has 17 heavy (non-hydrogen) atoms. The number of H-pyrrole nitrogens is 1. The quantitative estimate of drug-likeness (QED) is 0.650. The van der Waals surface area contributed by atoms with Crippen molar-refractivity contribution in [1.82, 2.24) is 31.3 Å². The zero-order valence-corrected chi connectivity index (χ0v) is 10.3. The molecule has 7 nitrogen and oxygen atoms in total. The van der Waals surface area contributed by atoms with Crippen molar-refractivity contribution in [3.63, 3.8) is 0 Å². The summed E-state index contributed by atoms with van der Waals surface area (Å²) in [6, 6.07) is 0.916. The van der Waals surface area contributed by atoms with Gasteiger partial charge in [-0.25, -0.2) is 0 Å². The molecule has 3 atom stereocenters. The van der Waals surface area contributed by atoms with Gasteiger partial charge in [0.15, 0.2) is 5.82 Å². The second-order valence-corrected chi connectivity index (χ2v) is 4.52. The van der Waals surface area contributed by atoms with Crippen LogP contribution in [0.1, 0.15) is 32.1 Å². The summed E-state index contributed by atoms with van der Waals surface area (Å²) in [5.41, 5.74) is 0. The molecule has 3 N–H and O–H groups in total. The third-order valence-corrected chi connectivity index (χ3v) is 2.92. The zero-order chi connectivity index (χ0) is 12.1. The number of tetrazole rings is 1. The van der Waals surface area contributed by atoms with Gasteiger partial charge in [-0.05, 0) is 20.3 Å². The number of ether oxygens (including phenoxy) is 1. The Balaban J connectivity index is 1.74. The van der Waals surface area contributed by atoms with E-state index in [1.807, 2.05) is 6.92 Å². The minimum atomic E-state index is 0.105. The van der Waals surface area contributed by atoms with Crippen LogP contribution in [0.2, 0.25) is 0 Å². The van der Waals surface area contributed by atoms with Gasteiger partial charge in [0, 0.05) is 18.6 Å². The molecule has 0 radical (unpaired) electrons. The molecule has 96 valence electrons. The van der Waals surface area contributed by atoms with E-state index in [1.54, 1.807) is 0 Å². The normalized spacial score (nSPS) is 24.5. The highest BCUT2D eigenvalue weighted by molar-refractivity contribution is 4.88. The molecule has 2 heterocycles. The molecule has 1 aliphatic rings. The third kappa shape index (κ3) is 3.72. The molecular formula is C10H20N6O. The van der Waals surface area contributed by atoms with Crippen LogP contribution >= 0.6 is 0 Å². The Bertz CT molecular complexity index is 311. The first-order chi connectivity index (χ1) is 8.25. The molecule has 1 aliphatic heterocycles. The molecule has 1 fully saturated rings. The Morgan fingerprint density at radius 3 is 3.06 bits per heavy atom. The molecule has 0 bridgehead atoms. The molecule has 1 saturated heterocycles.